The van der Waals surface area contributed by atoms with Crippen LogP contribution in [0.3, 0.4) is 0 Å². The van der Waals surface area contributed by atoms with E-state index < -0.39 is 6.10 Å². The molecule has 5 nitrogen and oxygen atoms in total. The number of benzene rings is 3. The van der Waals surface area contributed by atoms with Gasteiger partial charge in [0.2, 0.25) is 0 Å². The first-order valence-electron chi connectivity index (χ1n) is 11.8. The van der Waals surface area contributed by atoms with Gasteiger partial charge in [-0.25, -0.2) is 0 Å². The fourth-order valence-corrected chi connectivity index (χ4v) is 4.59. The monoisotopic (exact) mass is 490 g/mol. The Morgan fingerprint density at radius 3 is 2.57 bits per heavy atom. The summed E-state index contributed by atoms with van der Waals surface area (Å²) < 4.78 is 7.12. The predicted molar refractivity (Wildman–Crippen MR) is 141 cm³/mol. The van der Waals surface area contributed by atoms with Crippen molar-refractivity contribution in [2.24, 2.45) is 0 Å². The highest BCUT2D eigenvalue weighted by Gasteiger charge is 2.15. The number of nitrogens with zero attached hydrogens (tertiary/aromatic N) is 1. The van der Waals surface area contributed by atoms with Gasteiger partial charge in [0.1, 0.15) is 0 Å². The van der Waals surface area contributed by atoms with Crippen LogP contribution < -0.4 is 5.32 Å². The lowest BCUT2D eigenvalue weighted by Gasteiger charge is -2.18. The summed E-state index contributed by atoms with van der Waals surface area (Å²) in [6.07, 6.45) is 0.424. The molecule has 2 N–H and O–H groups in total. The van der Waals surface area contributed by atoms with Gasteiger partial charge in [-0.3, -0.25) is 4.79 Å². The maximum absolute atomic E-state index is 12.1. The van der Waals surface area contributed by atoms with E-state index in [0.29, 0.717) is 18.1 Å². The third kappa shape index (κ3) is 6.51. The van der Waals surface area contributed by atoms with Crippen LogP contribution in [-0.4, -0.2) is 35.3 Å². The van der Waals surface area contributed by atoms with Crippen molar-refractivity contribution in [1.82, 2.24) is 9.88 Å². The Kier molecular flexibility index (Phi) is 8.24. The van der Waals surface area contributed by atoms with E-state index in [9.17, 15) is 9.90 Å². The first-order chi connectivity index (χ1) is 16.9. The highest BCUT2D eigenvalue weighted by Crippen LogP contribution is 2.24. The average molecular weight is 491 g/mol. The highest BCUT2D eigenvalue weighted by molar-refractivity contribution is 6.30. The van der Waals surface area contributed by atoms with Crippen molar-refractivity contribution in [2.45, 2.75) is 38.5 Å². The molecule has 0 radical (unpaired) electrons. The molecule has 0 spiro atoms. The van der Waals surface area contributed by atoms with Crippen LogP contribution in [0.2, 0.25) is 5.02 Å². The molecule has 3 aromatic carbocycles. The molecule has 0 fully saturated rings. The third-order valence-corrected chi connectivity index (χ3v) is 6.46. The number of hydrogen-bond donors (Lipinski definition) is 2. The number of carbonyl (C=O) groups is 1. The maximum Gasteiger partial charge on any atom is 0.311 e. The van der Waals surface area contributed by atoms with Crippen LogP contribution in [0.5, 0.6) is 0 Å². The fraction of sp³-hybridized carbons (Fsp3) is 0.276. The number of aromatic nitrogens is 1. The summed E-state index contributed by atoms with van der Waals surface area (Å²) in [5, 5.41) is 15.6. The first-order valence-corrected chi connectivity index (χ1v) is 12.2. The number of fused-ring (bicyclic) bond motifs is 1. The summed E-state index contributed by atoms with van der Waals surface area (Å²) >= 11 is 6.04. The van der Waals surface area contributed by atoms with Crippen LogP contribution >= 0.6 is 11.6 Å². The van der Waals surface area contributed by atoms with E-state index in [1.807, 2.05) is 30.3 Å². The quantitative estimate of drug-likeness (QED) is 0.296. The van der Waals surface area contributed by atoms with Gasteiger partial charge in [0.05, 0.1) is 19.6 Å². The molecule has 4 rings (SSSR count). The topological polar surface area (TPSA) is 63.5 Å². The molecule has 35 heavy (non-hydrogen) atoms. The van der Waals surface area contributed by atoms with E-state index in [-0.39, 0.29) is 18.4 Å². The van der Waals surface area contributed by atoms with Crippen LogP contribution in [0.4, 0.5) is 0 Å². The van der Waals surface area contributed by atoms with Crippen molar-refractivity contribution in [1.29, 1.82) is 0 Å². The molecule has 0 aliphatic rings. The van der Waals surface area contributed by atoms with E-state index in [2.05, 4.69) is 53.2 Å². The van der Waals surface area contributed by atoms with Crippen LogP contribution in [0.15, 0.2) is 78.9 Å². The Balaban J connectivity index is 1.48. The molecular formula is C29H31ClN2O3. The van der Waals surface area contributed by atoms with Gasteiger partial charge in [0, 0.05) is 40.8 Å². The summed E-state index contributed by atoms with van der Waals surface area (Å²) in [6, 6.07) is 26.2. The standard InChI is InChI=1S/C29H31ClN2O3/c1-20(31-18-28(33)23-9-6-10-25(30)15-23)13-22-11-12-27-24(14-22)16-26(17-29(34)35-2)32(27)19-21-7-4-3-5-8-21/h3-12,14-16,20,28,31,33H,13,17-19H2,1-2H3. The minimum atomic E-state index is -0.619. The number of hydrogen-bond acceptors (Lipinski definition) is 4. The number of esters is 1. The largest absolute Gasteiger partial charge is 0.469 e. The Morgan fingerprint density at radius 2 is 1.83 bits per heavy atom. The molecule has 6 heteroatoms. The number of methoxy groups -OCH3 is 1. The Hall–Kier alpha value is -3.12. The summed E-state index contributed by atoms with van der Waals surface area (Å²) in [5.41, 5.74) is 5.20. The molecule has 2 unspecified atom stereocenters. The van der Waals surface area contributed by atoms with Gasteiger partial charge in [-0.2, -0.15) is 0 Å². The fourth-order valence-electron chi connectivity index (χ4n) is 4.39. The summed E-state index contributed by atoms with van der Waals surface area (Å²) in [6.45, 7) is 3.24. The minimum Gasteiger partial charge on any atom is -0.469 e. The number of nitrogens with one attached hydrogen (secondary N) is 1. The lowest BCUT2D eigenvalue weighted by atomic mass is 10.0. The molecule has 0 saturated heterocycles. The number of aliphatic hydroxyl groups excluding tert-OH is 1. The van der Waals surface area contributed by atoms with Gasteiger partial charge in [-0.15, -0.1) is 0 Å². The molecule has 2 atom stereocenters. The Morgan fingerprint density at radius 1 is 1.03 bits per heavy atom. The summed E-state index contributed by atoms with van der Waals surface area (Å²) in [4.78, 5) is 12.1. The van der Waals surface area contributed by atoms with Crippen molar-refractivity contribution < 1.29 is 14.6 Å². The number of ether oxygens (including phenoxy) is 1. The van der Waals surface area contributed by atoms with Crippen LogP contribution in [0.1, 0.15) is 35.4 Å². The number of halogens is 1. The van der Waals surface area contributed by atoms with Crippen molar-refractivity contribution in [3.63, 3.8) is 0 Å². The molecular weight excluding hydrogens is 460 g/mol. The normalized spacial score (nSPS) is 13.0. The lowest BCUT2D eigenvalue weighted by molar-refractivity contribution is -0.139. The molecule has 0 aliphatic heterocycles. The zero-order valence-electron chi connectivity index (χ0n) is 20.1. The second kappa shape index (κ2) is 11.5. The number of aliphatic hydroxyl groups is 1. The molecule has 0 aliphatic carbocycles. The SMILES string of the molecule is COC(=O)Cc1cc2cc(CC(C)NCC(O)c3cccc(Cl)c3)ccc2n1Cc1ccccc1. The Labute approximate surface area is 211 Å². The molecule has 0 saturated carbocycles. The zero-order valence-corrected chi connectivity index (χ0v) is 20.8. The van der Waals surface area contributed by atoms with Gasteiger partial charge in [-0.1, -0.05) is 60.1 Å². The lowest BCUT2D eigenvalue weighted by Crippen LogP contribution is -2.32. The molecule has 1 aromatic heterocycles. The second-order valence-corrected chi connectivity index (χ2v) is 9.37. The Bertz CT molecular complexity index is 1290. The third-order valence-electron chi connectivity index (χ3n) is 6.22. The molecule has 4 aromatic rings. The highest BCUT2D eigenvalue weighted by atomic mass is 35.5. The average Bonchev–Trinajstić information content (AvgIpc) is 3.18. The van der Waals surface area contributed by atoms with Gasteiger partial charge in [-0.05, 0) is 60.4 Å². The molecule has 1 heterocycles. The second-order valence-electron chi connectivity index (χ2n) is 8.94. The minimum absolute atomic E-state index is 0.169. The maximum atomic E-state index is 12.1. The molecule has 0 amide bonds. The van der Waals surface area contributed by atoms with E-state index in [1.165, 1.54) is 18.2 Å². The van der Waals surface area contributed by atoms with Crippen LogP contribution in [0, 0.1) is 0 Å². The number of rotatable bonds is 10. The molecule has 0 bridgehead atoms. The van der Waals surface area contributed by atoms with E-state index in [1.54, 1.807) is 12.1 Å². The van der Waals surface area contributed by atoms with E-state index in [4.69, 9.17) is 16.3 Å². The van der Waals surface area contributed by atoms with Gasteiger partial charge in [0.25, 0.3) is 0 Å². The first kappa shape index (κ1) is 25.0. The van der Waals surface area contributed by atoms with E-state index in [0.717, 1.165) is 28.6 Å². The van der Waals surface area contributed by atoms with Crippen molar-refractivity contribution >= 4 is 28.5 Å². The molecule has 182 valence electrons. The van der Waals surface area contributed by atoms with Gasteiger partial charge >= 0.3 is 5.97 Å². The predicted octanol–water partition coefficient (Wildman–Crippen LogP) is 5.31. The zero-order chi connectivity index (χ0) is 24.8. The van der Waals surface area contributed by atoms with Gasteiger partial charge in [0.15, 0.2) is 0 Å². The van der Waals surface area contributed by atoms with Gasteiger partial charge < -0.3 is 19.7 Å². The summed E-state index contributed by atoms with van der Waals surface area (Å²) in [5.74, 6) is -0.251. The number of carbonyl (C=O) groups excluding carboxylic acids is 1. The van der Waals surface area contributed by atoms with Crippen LogP contribution in [0.25, 0.3) is 10.9 Å². The van der Waals surface area contributed by atoms with Crippen LogP contribution in [-0.2, 0) is 28.9 Å². The van der Waals surface area contributed by atoms with E-state index >= 15 is 0 Å². The summed E-state index contributed by atoms with van der Waals surface area (Å²) in [7, 11) is 1.42. The van der Waals surface area contributed by atoms with Crippen molar-refractivity contribution in [3.8, 4) is 0 Å². The van der Waals surface area contributed by atoms with Crippen molar-refractivity contribution in [3.05, 3.63) is 106 Å². The van der Waals surface area contributed by atoms with Crippen molar-refractivity contribution in [2.75, 3.05) is 13.7 Å². The smallest absolute Gasteiger partial charge is 0.311 e.